The molecule has 1 saturated heterocycles. The van der Waals surface area contributed by atoms with Crippen LogP contribution < -0.4 is 9.62 Å². The lowest BCUT2D eigenvalue weighted by molar-refractivity contribution is 0.535. The van der Waals surface area contributed by atoms with Crippen LogP contribution in [0.2, 0.25) is 0 Å². The van der Waals surface area contributed by atoms with Crippen LogP contribution in [0.3, 0.4) is 0 Å². The van der Waals surface area contributed by atoms with Gasteiger partial charge in [-0.3, -0.25) is 4.31 Å². The second-order valence-corrected chi connectivity index (χ2v) is 7.20. The molecule has 1 aliphatic rings. The van der Waals surface area contributed by atoms with E-state index in [0.29, 0.717) is 25.5 Å². The number of aromatic nitrogens is 1. The van der Waals surface area contributed by atoms with Gasteiger partial charge in [-0.25, -0.2) is 13.4 Å². The third-order valence-electron chi connectivity index (χ3n) is 2.94. The van der Waals surface area contributed by atoms with Gasteiger partial charge in [-0.1, -0.05) is 6.07 Å². The first kappa shape index (κ1) is 12.3. The summed E-state index contributed by atoms with van der Waals surface area (Å²) in [7, 11) is -3.38. The molecule has 1 aliphatic heterocycles. The predicted octanol–water partition coefficient (Wildman–Crippen LogP) is 0.600. The molecule has 0 atom stereocenters. The summed E-state index contributed by atoms with van der Waals surface area (Å²) in [5.74, 6) is 0.490. The standard InChI is InChI=1S/C11H17N3O2S/c1-11(2)9-12-7-8-14(17(11,15)16)10-5-3-4-6-13-10/h3-6,12H,7-9H2,1-2H3. The summed E-state index contributed by atoms with van der Waals surface area (Å²) in [6.07, 6.45) is 1.61. The zero-order chi connectivity index (χ0) is 12.5. The van der Waals surface area contributed by atoms with Gasteiger partial charge in [0.05, 0.1) is 4.75 Å². The van der Waals surface area contributed by atoms with E-state index in [1.807, 2.05) is 0 Å². The van der Waals surface area contributed by atoms with E-state index in [0.717, 1.165) is 0 Å². The van der Waals surface area contributed by atoms with Gasteiger partial charge in [-0.15, -0.1) is 0 Å². The number of anilines is 1. The number of rotatable bonds is 1. The van der Waals surface area contributed by atoms with Crippen LogP contribution in [-0.4, -0.2) is 37.8 Å². The van der Waals surface area contributed by atoms with Crippen molar-refractivity contribution in [3.05, 3.63) is 24.4 Å². The fourth-order valence-corrected chi connectivity index (χ4v) is 3.39. The highest BCUT2D eigenvalue weighted by molar-refractivity contribution is 7.94. The van der Waals surface area contributed by atoms with Gasteiger partial charge < -0.3 is 5.32 Å². The van der Waals surface area contributed by atoms with Gasteiger partial charge in [0.1, 0.15) is 5.82 Å². The van der Waals surface area contributed by atoms with Gasteiger partial charge >= 0.3 is 0 Å². The van der Waals surface area contributed by atoms with Gasteiger partial charge in [0.2, 0.25) is 10.0 Å². The molecule has 0 amide bonds. The Balaban J connectivity index is 2.46. The van der Waals surface area contributed by atoms with Gasteiger partial charge in [-0.05, 0) is 26.0 Å². The van der Waals surface area contributed by atoms with Crippen LogP contribution in [-0.2, 0) is 10.0 Å². The molecule has 1 fully saturated rings. The molecule has 0 aliphatic carbocycles. The molecular weight excluding hydrogens is 238 g/mol. The summed E-state index contributed by atoms with van der Waals surface area (Å²) >= 11 is 0. The van der Waals surface area contributed by atoms with Crippen LogP contribution in [0.5, 0.6) is 0 Å². The number of hydrogen-bond donors (Lipinski definition) is 1. The van der Waals surface area contributed by atoms with Crippen LogP contribution in [0.15, 0.2) is 24.4 Å². The van der Waals surface area contributed by atoms with Crippen molar-refractivity contribution < 1.29 is 8.42 Å². The van der Waals surface area contributed by atoms with Crippen LogP contribution in [0.1, 0.15) is 13.8 Å². The highest BCUT2D eigenvalue weighted by Crippen LogP contribution is 2.26. The average Bonchev–Trinajstić information content (AvgIpc) is 2.38. The lowest BCUT2D eigenvalue weighted by Gasteiger charge is -2.29. The van der Waals surface area contributed by atoms with Crippen molar-refractivity contribution in [2.75, 3.05) is 23.9 Å². The highest BCUT2D eigenvalue weighted by atomic mass is 32.2. The first-order valence-corrected chi connectivity index (χ1v) is 7.03. The van der Waals surface area contributed by atoms with E-state index < -0.39 is 14.8 Å². The summed E-state index contributed by atoms with van der Waals surface area (Å²) in [5.41, 5.74) is 0. The summed E-state index contributed by atoms with van der Waals surface area (Å²) in [5, 5.41) is 3.14. The van der Waals surface area contributed by atoms with Crippen LogP contribution in [0.25, 0.3) is 0 Å². The van der Waals surface area contributed by atoms with E-state index in [1.54, 1.807) is 38.2 Å². The second kappa shape index (κ2) is 4.27. The average molecular weight is 255 g/mol. The predicted molar refractivity (Wildman–Crippen MR) is 67.5 cm³/mol. The highest BCUT2D eigenvalue weighted by Gasteiger charge is 2.41. The Morgan fingerprint density at radius 1 is 1.41 bits per heavy atom. The second-order valence-electron chi connectivity index (χ2n) is 4.70. The minimum absolute atomic E-state index is 0.419. The smallest absolute Gasteiger partial charge is 0.242 e. The molecule has 1 aromatic rings. The van der Waals surface area contributed by atoms with Gasteiger partial charge in [-0.2, -0.15) is 0 Å². The largest absolute Gasteiger partial charge is 0.313 e. The fourth-order valence-electron chi connectivity index (χ4n) is 1.82. The molecular formula is C11H17N3O2S. The lowest BCUT2D eigenvalue weighted by Crippen LogP contribution is -2.46. The number of pyridine rings is 1. The van der Waals surface area contributed by atoms with Crippen molar-refractivity contribution in [1.29, 1.82) is 0 Å². The summed E-state index contributed by atoms with van der Waals surface area (Å²) in [6.45, 7) is 4.98. The third-order valence-corrected chi connectivity index (χ3v) is 5.43. The number of sulfonamides is 1. The summed E-state index contributed by atoms with van der Waals surface area (Å²) < 4.78 is 25.6. The van der Waals surface area contributed by atoms with E-state index in [1.165, 1.54) is 4.31 Å². The maximum atomic E-state index is 12.5. The Morgan fingerprint density at radius 2 is 2.18 bits per heavy atom. The van der Waals surface area contributed by atoms with Gasteiger partial charge in [0, 0.05) is 25.8 Å². The van der Waals surface area contributed by atoms with Crippen LogP contribution >= 0.6 is 0 Å². The molecule has 0 saturated carbocycles. The van der Waals surface area contributed by atoms with Crippen molar-refractivity contribution in [3.8, 4) is 0 Å². The Hall–Kier alpha value is -1.14. The monoisotopic (exact) mass is 255 g/mol. The Bertz CT molecular complexity index is 485. The SMILES string of the molecule is CC1(C)CNCCN(c2ccccn2)S1(=O)=O. The van der Waals surface area contributed by atoms with Crippen molar-refractivity contribution in [2.24, 2.45) is 0 Å². The Kier molecular flexibility index (Phi) is 3.09. The molecule has 1 aromatic heterocycles. The maximum Gasteiger partial charge on any atom is 0.242 e. The maximum absolute atomic E-state index is 12.5. The molecule has 2 heterocycles. The minimum Gasteiger partial charge on any atom is -0.313 e. The summed E-state index contributed by atoms with van der Waals surface area (Å²) in [6, 6.07) is 5.29. The fraction of sp³-hybridized carbons (Fsp3) is 0.545. The van der Waals surface area contributed by atoms with Crippen molar-refractivity contribution in [1.82, 2.24) is 10.3 Å². The Labute approximate surface area is 102 Å². The minimum atomic E-state index is -3.38. The molecule has 94 valence electrons. The van der Waals surface area contributed by atoms with E-state index in [2.05, 4.69) is 10.3 Å². The van der Waals surface area contributed by atoms with E-state index in [9.17, 15) is 8.42 Å². The van der Waals surface area contributed by atoms with Crippen LogP contribution in [0.4, 0.5) is 5.82 Å². The van der Waals surface area contributed by atoms with E-state index >= 15 is 0 Å². The zero-order valence-electron chi connectivity index (χ0n) is 10.0. The molecule has 0 radical (unpaired) electrons. The lowest BCUT2D eigenvalue weighted by atomic mass is 10.2. The van der Waals surface area contributed by atoms with Crippen molar-refractivity contribution >= 4 is 15.8 Å². The molecule has 0 aromatic carbocycles. The summed E-state index contributed by atoms with van der Waals surface area (Å²) in [4.78, 5) is 4.12. The first-order valence-electron chi connectivity index (χ1n) is 5.59. The van der Waals surface area contributed by atoms with E-state index in [-0.39, 0.29) is 0 Å². The molecule has 5 nitrogen and oxygen atoms in total. The van der Waals surface area contributed by atoms with Gasteiger partial charge in [0.15, 0.2) is 0 Å². The quantitative estimate of drug-likeness (QED) is 0.798. The Morgan fingerprint density at radius 3 is 2.82 bits per heavy atom. The molecule has 2 rings (SSSR count). The van der Waals surface area contributed by atoms with Crippen molar-refractivity contribution in [3.63, 3.8) is 0 Å². The molecule has 0 spiro atoms. The third kappa shape index (κ3) is 2.14. The molecule has 1 N–H and O–H groups in total. The van der Waals surface area contributed by atoms with Gasteiger partial charge in [0.25, 0.3) is 0 Å². The zero-order valence-corrected chi connectivity index (χ0v) is 10.9. The molecule has 17 heavy (non-hydrogen) atoms. The number of nitrogens with zero attached hydrogens (tertiary/aromatic N) is 2. The normalized spacial score (nSPS) is 23.1. The molecule has 0 bridgehead atoms. The van der Waals surface area contributed by atoms with E-state index in [4.69, 9.17) is 0 Å². The first-order chi connectivity index (χ1) is 7.95. The van der Waals surface area contributed by atoms with Crippen molar-refractivity contribution in [2.45, 2.75) is 18.6 Å². The molecule has 6 heteroatoms. The number of nitrogens with one attached hydrogen (secondary N) is 1. The number of hydrogen-bond acceptors (Lipinski definition) is 4. The van der Waals surface area contributed by atoms with Crippen LogP contribution in [0, 0.1) is 0 Å². The topological polar surface area (TPSA) is 62.3 Å². The molecule has 0 unspecified atom stereocenters.